The highest BCUT2D eigenvalue weighted by Crippen LogP contribution is 2.11. The maximum Gasteiger partial charge on any atom is 0.0733 e. The van der Waals surface area contributed by atoms with Crippen LogP contribution in [0.1, 0.15) is 19.8 Å². The summed E-state index contributed by atoms with van der Waals surface area (Å²) in [7, 11) is 0. The van der Waals surface area contributed by atoms with Crippen LogP contribution in [-0.4, -0.2) is 23.5 Å². The number of hydrogen-bond acceptors (Lipinski definition) is 2. The average Bonchev–Trinajstić information content (AvgIpc) is 2.14. The van der Waals surface area contributed by atoms with Gasteiger partial charge in [-0.25, -0.2) is 0 Å². The molecule has 1 aliphatic rings. The van der Waals surface area contributed by atoms with Gasteiger partial charge in [-0.1, -0.05) is 0 Å². The fraction of sp³-hybridized carbons (Fsp3) is 0.833. The van der Waals surface area contributed by atoms with Crippen LogP contribution < -0.4 is 0 Å². The monoisotopic (exact) mass is 113 g/mol. The summed E-state index contributed by atoms with van der Waals surface area (Å²) in [6, 6.07) is 0.218. The molecule has 0 aliphatic carbocycles. The smallest absolute Gasteiger partial charge is 0.0733 e. The van der Waals surface area contributed by atoms with Gasteiger partial charge in [0.2, 0.25) is 0 Å². The first-order valence-electron chi connectivity index (χ1n) is 2.97. The summed E-state index contributed by atoms with van der Waals surface area (Å²) in [5.41, 5.74) is 1.18. The molecule has 0 bridgehead atoms. The zero-order chi connectivity index (χ0) is 5.98. The summed E-state index contributed by atoms with van der Waals surface area (Å²) < 4.78 is 0. The molecule has 0 radical (unpaired) electrons. The van der Waals surface area contributed by atoms with Crippen molar-refractivity contribution in [3.63, 3.8) is 0 Å². The second kappa shape index (κ2) is 2.27. The molecule has 0 saturated carbocycles. The highest BCUT2D eigenvalue weighted by Gasteiger charge is 2.11. The van der Waals surface area contributed by atoms with E-state index in [4.69, 9.17) is 5.11 Å². The Morgan fingerprint density at radius 1 is 1.88 bits per heavy atom. The molecule has 0 amide bonds. The van der Waals surface area contributed by atoms with Crippen molar-refractivity contribution < 1.29 is 5.11 Å². The summed E-state index contributed by atoms with van der Waals surface area (Å²) in [5, 5.41) is 8.58. The van der Waals surface area contributed by atoms with E-state index in [1.807, 2.05) is 6.92 Å². The van der Waals surface area contributed by atoms with Gasteiger partial charge in [0, 0.05) is 5.71 Å². The molecule has 0 aromatic heterocycles. The lowest BCUT2D eigenvalue weighted by atomic mass is 10.2. The number of aliphatic hydroxyl groups is 1. The van der Waals surface area contributed by atoms with E-state index in [1.165, 1.54) is 5.71 Å². The zero-order valence-corrected chi connectivity index (χ0v) is 5.09. The minimum Gasteiger partial charge on any atom is -0.394 e. The van der Waals surface area contributed by atoms with E-state index in [-0.39, 0.29) is 12.6 Å². The van der Waals surface area contributed by atoms with Gasteiger partial charge in [-0.05, 0) is 19.8 Å². The van der Waals surface area contributed by atoms with E-state index < -0.39 is 0 Å². The van der Waals surface area contributed by atoms with Gasteiger partial charge in [-0.3, -0.25) is 4.99 Å². The standard InChI is InChI=1S/C6H11NO/c1-5-2-3-6(4-8)7-5/h6,8H,2-4H2,1H3. The molecule has 0 aromatic carbocycles. The Morgan fingerprint density at radius 2 is 2.62 bits per heavy atom. The molecule has 1 unspecified atom stereocenters. The molecule has 0 aromatic rings. The third-order valence-corrected chi connectivity index (χ3v) is 1.45. The lowest BCUT2D eigenvalue weighted by Gasteiger charge is -1.96. The fourth-order valence-corrected chi connectivity index (χ4v) is 0.948. The minimum atomic E-state index is 0.218. The molecule has 1 aliphatic heterocycles. The topological polar surface area (TPSA) is 32.6 Å². The first kappa shape index (κ1) is 5.76. The lowest BCUT2D eigenvalue weighted by molar-refractivity contribution is 0.267. The van der Waals surface area contributed by atoms with Crippen molar-refractivity contribution in [3.05, 3.63) is 0 Å². The molecule has 46 valence electrons. The summed E-state index contributed by atoms with van der Waals surface area (Å²) in [4.78, 5) is 4.17. The molecule has 0 fully saturated rings. The minimum absolute atomic E-state index is 0.218. The summed E-state index contributed by atoms with van der Waals surface area (Å²) in [6.07, 6.45) is 2.12. The molecule has 1 heterocycles. The molecule has 2 heteroatoms. The zero-order valence-electron chi connectivity index (χ0n) is 5.09. The molecule has 1 N–H and O–H groups in total. The summed E-state index contributed by atoms with van der Waals surface area (Å²) in [6.45, 7) is 2.23. The van der Waals surface area contributed by atoms with Crippen LogP contribution >= 0.6 is 0 Å². The highest BCUT2D eigenvalue weighted by molar-refractivity contribution is 5.83. The van der Waals surface area contributed by atoms with Gasteiger partial charge in [0.15, 0.2) is 0 Å². The normalized spacial score (nSPS) is 28.2. The van der Waals surface area contributed by atoms with Crippen LogP contribution in [0, 0.1) is 0 Å². The predicted octanol–water partition coefficient (Wildman–Crippen LogP) is 0.602. The molecular formula is C6H11NO. The van der Waals surface area contributed by atoms with Gasteiger partial charge in [0.25, 0.3) is 0 Å². The number of nitrogens with zero attached hydrogens (tertiary/aromatic N) is 1. The second-order valence-corrected chi connectivity index (χ2v) is 2.24. The SMILES string of the molecule is CC1=NC(CO)CC1. The van der Waals surface area contributed by atoms with E-state index in [0.29, 0.717) is 0 Å². The molecule has 2 nitrogen and oxygen atoms in total. The average molecular weight is 113 g/mol. The van der Waals surface area contributed by atoms with Crippen LogP contribution in [0.2, 0.25) is 0 Å². The summed E-state index contributed by atoms with van der Waals surface area (Å²) >= 11 is 0. The van der Waals surface area contributed by atoms with Crippen molar-refractivity contribution in [2.45, 2.75) is 25.8 Å². The predicted molar refractivity (Wildman–Crippen MR) is 33.2 cm³/mol. The van der Waals surface area contributed by atoms with Gasteiger partial charge >= 0.3 is 0 Å². The van der Waals surface area contributed by atoms with Crippen LogP contribution in [0.5, 0.6) is 0 Å². The Bertz CT molecular complexity index is 109. The van der Waals surface area contributed by atoms with Gasteiger partial charge in [-0.15, -0.1) is 0 Å². The van der Waals surface area contributed by atoms with Gasteiger partial charge in [-0.2, -0.15) is 0 Å². The molecule has 1 rings (SSSR count). The van der Waals surface area contributed by atoms with E-state index in [1.54, 1.807) is 0 Å². The quantitative estimate of drug-likeness (QED) is 0.530. The lowest BCUT2D eigenvalue weighted by Crippen LogP contribution is -2.03. The Hall–Kier alpha value is -0.370. The number of rotatable bonds is 1. The first-order valence-corrected chi connectivity index (χ1v) is 2.97. The van der Waals surface area contributed by atoms with Crippen LogP contribution in [0.3, 0.4) is 0 Å². The van der Waals surface area contributed by atoms with E-state index in [9.17, 15) is 0 Å². The van der Waals surface area contributed by atoms with E-state index in [0.717, 1.165) is 12.8 Å². The third kappa shape index (κ3) is 1.07. The van der Waals surface area contributed by atoms with E-state index >= 15 is 0 Å². The van der Waals surface area contributed by atoms with Crippen LogP contribution in [0.25, 0.3) is 0 Å². The first-order chi connectivity index (χ1) is 3.83. The summed E-state index contributed by atoms with van der Waals surface area (Å²) in [5.74, 6) is 0. The van der Waals surface area contributed by atoms with Crippen molar-refractivity contribution in [1.82, 2.24) is 0 Å². The van der Waals surface area contributed by atoms with Crippen LogP contribution in [0.4, 0.5) is 0 Å². The van der Waals surface area contributed by atoms with Crippen molar-refractivity contribution in [3.8, 4) is 0 Å². The van der Waals surface area contributed by atoms with Crippen molar-refractivity contribution in [1.29, 1.82) is 0 Å². The Kier molecular flexibility index (Phi) is 1.63. The van der Waals surface area contributed by atoms with E-state index in [2.05, 4.69) is 4.99 Å². The third-order valence-electron chi connectivity index (χ3n) is 1.45. The Balaban J connectivity index is 2.41. The Morgan fingerprint density at radius 3 is 2.88 bits per heavy atom. The largest absolute Gasteiger partial charge is 0.394 e. The fourth-order valence-electron chi connectivity index (χ4n) is 0.948. The number of aliphatic imine (C=N–C) groups is 1. The molecule has 0 saturated heterocycles. The molecule has 8 heavy (non-hydrogen) atoms. The number of hydrogen-bond donors (Lipinski definition) is 1. The van der Waals surface area contributed by atoms with Gasteiger partial charge < -0.3 is 5.11 Å². The highest BCUT2D eigenvalue weighted by atomic mass is 16.3. The Labute approximate surface area is 49.2 Å². The van der Waals surface area contributed by atoms with Crippen molar-refractivity contribution in [2.24, 2.45) is 4.99 Å². The van der Waals surface area contributed by atoms with Crippen molar-refractivity contribution in [2.75, 3.05) is 6.61 Å². The second-order valence-electron chi connectivity index (χ2n) is 2.24. The van der Waals surface area contributed by atoms with Gasteiger partial charge in [0.1, 0.15) is 0 Å². The van der Waals surface area contributed by atoms with Crippen LogP contribution in [-0.2, 0) is 0 Å². The van der Waals surface area contributed by atoms with Crippen LogP contribution in [0.15, 0.2) is 4.99 Å². The van der Waals surface area contributed by atoms with Crippen molar-refractivity contribution >= 4 is 5.71 Å². The maximum atomic E-state index is 8.58. The molecule has 0 spiro atoms. The maximum absolute atomic E-state index is 8.58. The molecule has 1 atom stereocenters. The molecular weight excluding hydrogens is 102 g/mol. The number of aliphatic hydroxyl groups excluding tert-OH is 1. The van der Waals surface area contributed by atoms with Gasteiger partial charge in [0.05, 0.1) is 12.6 Å².